The number of hydrogen-bond donors (Lipinski definition) is 4. The van der Waals surface area contributed by atoms with E-state index >= 15 is 0 Å². The number of carboxylic acid groups (broad SMARTS) is 1. The Morgan fingerprint density at radius 2 is 1.94 bits per heavy atom. The van der Waals surface area contributed by atoms with Crippen LogP contribution < -0.4 is 16.1 Å². The molecule has 4 rings (SSSR count). The highest BCUT2D eigenvalue weighted by Crippen LogP contribution is 2.33. The fourth-order valence-corrected chi connectivity index (χ4v) is 3.86. The van der Waals surface area contributed by atoms with E-state index in [2.05, 4.69) is 16.1 Å². The summed E-state index contributed by atoms with van der Waals surface area (Å²) >= 11 is 1.91. The normalized spacial score (nSPS) is 19.7. The molecule has 31 heavy (non-hydrogen) atoms. The monoisotopic (exact) mass is 548 g/mol. The molecule has 0 bridgehead atoms. The molecular formula is C19H16F3IN4O4. The van der Waals surface area contributed by atoms with E-state index in [4.69, 9.17) is 9.94 Å². The molecule has 2 aromatic carbocycles. The number of hydroxylamine groups is 1. The summed E-state index contributed by atoms with van der Waals surface area (Å²) in [5.41, 5.74) is 0.775. The van der Waals surface area contributed by atoms with Gasteiger partial charge in [-0.15, -0.1) is 0 Å². The van der Waals surface area contributed by atoms with E-state index < -0.39 is 46.8 Å². The fraction of sp³-hybridized carbons (Fsp3) is 0.263. The third-order valence-electron chi connectivity index (χ3n) is 5.03. The molecule has 2 aliphatic heterocycles. The highest BCUT2D eigenvalue weighted by molar-refractivity contribution is 14.1. The van der Waals surface area contributed by atoms with Gasteiger partial charge in [-0.05, 0) is 52.9 Å². The van der Waals surface area contributed by atoms with Crippen molar-refractivity contribution in [3.8, 4) is 0 Å². The van der Waals surface area contributed by atoms with Crippen LogP contribution in [0.4, 0.5) is 24.5 Å². The van der Waals surface area contributed by atoms with Crippen LogP contribution >= 0.6 is 22.6 Å². The smallest absolute Gasteiger partial charge is 0.337 e. The average Bonchev–Trinajstić information content (AvgIpc) is 2.71. The summed E-state index contributed by atoms with van der Waals surface area (Å²) in [7, 11) is 0. The number of carbonyl (C=O) groups excluding carboxylic acids is 1. The molecular weight excluding hydrogens is 532 g/mol. The number of nitrogens with one attached hydrogen (secondary N) is 3. The summed E-state index contributed by atoms with van der Waals surface area (Å²) in [4.78, 5) is 30.6. The summed E-state index contributed by atoms with van der Waals surface area (Å²) in [5.74, 6) is -4.92. The molecule has 12 heteroatoms. The summed E-state index contributed by atoms with van der Waals surface area (Å²) < 4.78 is 43.2. The molecule has 1 spiro atoms. The first-order chi connectivity index (χ1) is 14.7. The largest absolute Gasteiger partial charge is 0.479 e. The number of amides is 1. The molecule has 8 nitrogen and oxygen atoms in total. The van der Waals surface area contributed by atoms with Crippen LogP contribution in [-0.2, 0) is 9.63 Å². The first-order valence-electron chi connectivity index (χ1n) is 9.08. The topological polar surface area (TPSA) is 103 Å². The first kappa shape index (κ1) is 21.8. The zero-order valence-electron chi connectivity index (χ0n) is 15.7. The minimum absolute atomic E-state index is 0.0918. The van der Waals surface area contributed by atoms with Crippen LogP contribution in [0.5, 0.6) is 0 Å². The Kier molecular flexibility index (Phi) is 5.81. The number of anilines is 2. The van der Waals surface area contributed by atoms with Gasteiger partial charge in [-0.25, -0.2) is 18.0 Å². The Morgan fingerprint density at radius 3 is 2.55 bits per heavy atom. The van der Waals surface area contributed by atoms with Crippen LogP contribution in [0, 0.1) is 21.0 Å². The van der Waals surface area contributed by atoms with Crippen molar-refractivity contribution < 1.29 is 32.7 Å². The number of likely N-dealkylation sites (tertiary alicyclic amines) is 1. The molecule has 164 valence electrons. The number of carbonyl (C=O) groups is 2. The van der Waals surface area contributed by atoms with Crippen molar-refractivity contribution in [1.82, 2.24) is 15.7 Å². The lowest BCUT2D eigenvalue weighted by molar-refractivity contribution is -0.209. The third-order valence-corrected chi connectivity index (χ3v) is 5.70. The minimum Gasteiger partial charge on any atom is -0.479 e. The Morgan fingerprint density at radius 1 is 1.19 bits per heavy atom. The van der Waals surface area contributed by atoms with Gasteiger partial charge >= 0.3 is 5.97 Å². The van der Waals surface area contributed by atoms with Crippen molar-refractivity contribution in [1.29, 1.82) is 0 Å². The molecule has 1 amide bonds. The lowest BCUT2D eigenvalue weighted by atomic mass is 9.92. The lowest BCUT2D eigenvalue weighted by Gasteiger charge is -2.51. The van der Waals surface area contributed by atoms with Gasteiger partial charge in [-0.2, -0.15) is 5.48 Å². The van der Waals surface area contributed by atoms with Gasteiger partial charge in [0, 0.05) is 10.1 Å². The van der Waals surface area contributed by atoms with Crippen LogP contribution in [-0.4, -0.2) is 53.3 Å². The van der Waals surface area contributed by atoms with Crippen molar-refractivity contribution in [3.05, 3.63) is 56.9 Å². The number of aliphatic carboxylic acids is 1. The van der Waals surface area contributed by atoms with E-state index in [0.29, 0.717) is 3.57 Å². The highest BCUT2D eigenvalue weighted by atomic mass is 127. The molecule has 2 fully saturated rings. The highest BCUT2D eigenvalue weighted by Gasteiger charge is 2.50. The molecule has 1 atom stereocenters. The van der Waals surface area contributed by atoms with E-state index in [1.807, 2.05) is 22.6 Å². The predicted molar refractivity (Wildman–Crippen MR) is 111 cm³/mol. The van der Waals surface area contributed by atoms with Gasteiger partial charge in [-0.1, -0.05) is 0 Å². The molecule has 0 aromatic heterocycles. The van der Waals surface area contributed by atoms with E-state index in [9.17, 15) is 22.8 Å². The Hall–Kier alpha value is -2.42. The first-order valence-corrected chi connectivity index (χ1v) is 10.2. The summed E-state index contributed by atoms with van der Waals surface area (Å²) in [6, 6.07) is 6.10. The minimum atomic E-state index is -1.31. The van der Waals surface area contributed by atoms with Crippen LogP contribution in [0.15, 0.2) is 30.3 Å². The summed E-state index contributed by atoms with van der Waals surface area (Å²) in [5, 5.41) is 14.2. The Labute approximate surface area is 187 Å². The van der Waals surface area contributed by atoms with Crippen molar-refractivity contribution in [2.24, 2.45) is 0 Å². The molecule has 2 heterocycles. The molecule has 2 aliphatic rings. The quantitative estimate of drug-likeness (QED) is 0.435. The maximum Gasteiger partial charge on any atom is 0.337 e. The van der Waals surface area contributed by atoms with Gasteiger partial charge in [0.25, 0.3) is 5.91 Å². The molecule has 0 saturated carbocycles. The van der Waals surface area contributed by atoms with Gasteiger partial charge in [0.15, 0.2) is 17.8 Å². The molecule has 4 N–H and O–H groups in total. The molecule has 0 radical (unpaired) electrons. The Balaban J connectivity index is 1.53. The Bertz CT molecular complexity index is 1050. The zero-order valence-corrected chi connectivity index (χ0v) is 17.9. The maximum atomic E-state index is 14.5. The SMILES string of the molecule is O=C(O)[C@H]1NCC2(CN(C(=O)c3ccc(F)c(F)c3Nc3ccc(I)cc3F)C2)ON1. The lowest BCUT2D eigenvalue weighted by Crippen LogP contribution is -2.75. The van der Waals surface area contributed by atoms with Gasteiger partial charge in [0.2, 0.25) is 0 Å². The van der Waals surface area contributed by atoms with E-state index in [1.54, 1.807) is 6.07 Å². The number of carboxylic acids is 1. The zero-order chi connectivity index (χ0) is 22.3. The van der Waals surface area contributed by atoms with Crippen molar-refractivity contribution in [2.45, 2.75) is 11.8 Å². The summed E-state index contributed by atoms with van der Waals surface area (Å²) in [6.07, 6.45) is -1.07. The second-order valence-electron chi connectivity index (χ2n) is 7.25. The fourth-order valence-electron chi connectivity index (χ4n) is 3.40. The van der Waals surface area contributed by atoms with Gasteiger partial charge in [-0.3, -0.25) is 14.9 Å². The van der Waals surface area contributed by atoms with E-state index in [1.165, 1.54) is 17.0 Å². The number of hydrogen-bond acceptors (Lipinski definition) is 6. The van der Waals surface area contributed by atoms with Gasteiger partial charge < -0.3 is 15.3 Å². The van der Waals surface area contributed by atoms with E-state index in [0.717, 1.165) is 12.1 Å². The maximum absolute atomic E-state index is 14.5. The van der Waals surface area contributed by atoms with Crippen molar-refractivity contribution >= 4 is 45.8 Å². The van der Waals surface area contributed by atoms with Gasteiger partial charge in [0.1, 0.15) is 11.4 Å². The number of rotatable bonds is 4. The molecule has 0 unspecified atom stereocenters. The number of halogens is 4. The van der Waals surface area contributed by atoms with E-state index in [-0.39, 0.29) is 30.9 Å². The molecule has 0 aliphatic carbocycles. The second-order valence-corrected chi connectivity index (χ2v) is 8.50. The third kappa shape index (κ3) is 4.20. The number of benzene rings is 2. The predicted octanol–water partition coefficient (Wildman–Crippen LogP) is 2.18. The second kappa shape index (κ2) is 8.26. The standard InChI is InChI=1S/C19H16F3IN4O4/c20-11-3-2-10(15(14(11)22)25-13-4-1-9(23)5-12(13)21)17(28)27-7-19(8-27)6-24-16(18(29)30)26-31-19/h1-5,16,24-26H,6-8H2,(H,29,30)/t16-/m0/s1. The summed E-state index contributed by atoms with van der Waals surface area (Å²) in [6.45, 7) is 0.362. The van der Waals surface area contributed by atoms with Crippen LogP contribution in [0.25, 0.3) is 0 Å². The van der Waals surface area contributed by atoms with Crippen molar-refractivity contribution in [3.63, 3.8) is 0 Å². The molecule has 2 aromatic rings. The van der Waals surface area contributed by atoms with Crippen LogP contribution in [0.2, 0.25) is 0 Å². The van der Waals surface area contributed by atoms with Crippen LogP contribution in [0.3, 0.4) is 0 Å². The number of nitrogens with zero attached hydrogens (tertiary/aromatic N) is 1. The molecule has 2 saturated heterocycles. The average molecular weight is 548 g/mol. The van der Waals surface area contributed by atoms with Gasteiger partial charge in [0.05, 0.1) is 30.0 Å². The van der Waals surface area contributed by atoms with Crippen LogP contribution in [0.1, 0.15) is 10.4 Å². The van der Waals surface area contributed by atoms with Crippen molar-refractivity contribution in [2.75, 3.05) is 25.0 Å².